The molecule has 1 aromatic carbocycles. The molecule has 5 heterocycles. The molecule has 0 saturated carbocycles. The molecule has 1 saturated heterocycles. The number of likely N-dealkylation sites (tertiary alicyclic amines) is 1. The van der Waals surface area contributed by atoms with Gasteiger partial charge in [0.15, 0.2) is 0 Å². The van der Waals surface area contributed by atoms with Gasteiger partial charge in [0, 0.05) is 79.1 Å². The average molecular weight is 446 g/mol. The fourth-order valence-corrected chi connectivity index (χ4v) is 4.69. The summed E-state index contributed by atoms with van der Waals surface area (Å²) >= 11 is 0. The first-order chi connectivity index (χ1) is 16.7. The molecule has 0 radical (unpaired) electrons. The molecular weight excluding hydrogens is 422 g/mol. The highest BCUT2D eigenvalue weighted by molar-refractivity contribution is 5.87. The minimum Gasteiger partial charge on any atom is -0.298 e. The first kappa shape index (κ1) is 20.3. The van der Waals surface area contributed by atoms with E-state index in [4.69, 9.17) is 4.98 Å². The molecule has 7 nitrogen and oxygen atoms in total. The normalized spacial score (nSPS) is 14.2. The second kappa shape index (κ2) is 8.25. The van der Waals surface area contributed by atoms with E-state index in [1.165, 1.54) is 5.56 Å². The van der Waals surface area contributed by atoms with Gasteiger partial charge in [0.1, 0.15) is 6.07 Å². The minimum atomic E-state index is 0.448. The Kier molecular flexibility index (Phi) is 4.93. The number of aryl methyl sites for hydroxylation is 1. The van der Waals surface area contributed by atoms with Gasteiger partial charge < -0.3 is 0 Å². The van der Waals surface area contributed by atoms with Crippen LogP contribution in [0.4, 0.5) is 0 Å². The van der Waals surface area contributed by atoms with Crippen molar-refractivity contribution in [2.75, 3.05) is 13.1 Å². The zero-order valence-corrected chi connectivity index (χ0v) is 18.8. The van der Waals surface area contributed by atoms with Crippen molar-refractivity contribution in [3.05, 3.63) is 96.3 Å². The number of nitrogens with zero attached hydrogens (tertiary/aromatic N) is 7. The van der Waals surface area contributed by atoms with Crippen LogP contribution in [0.1, 0.15) is 22.7 Å². The summed E-state index contributed by atoms with van der Waals surface area (Å²) in [6.07, 6.45) is 9.28. The maximum absolute atomic E-state index is 9.64. The number of pyridine rings is 2. The summed E-state index contributed by atoms with van der Waals surface area (Å²) in [5.41, 5.74) is 7.69. The molecule has 0 unspecified atom stereocenters. The van der Waals surface area contributed by atoms with Crippen LogP contribution in [0.3, 0.4) is 0 Å². The fraction of sp³-hybridized carbons (Fsp3) is 0.185. The highest BCUT2D eigenvalue weighted by Gasteiger charge is 2.29. The van der Waals surface area contributed by atoms with Crippen LogP contribution in [0.15, 0.2) is 79.5 Å². The number of hydrogen-bond donors (Lipinski definition) is 0. The van der Waals surface area contributed by atoms with Crippen molar-refractivity contribution in [3.8, 4) is 28.3 Å². The molecule has 7 heteroatoms. The van der Waals surface area contributed by atoms with Crippen LogP contribution < -0.4 is 0 Å². The van der Waals surface area contributed by atoms with Gasteiger partial charge in [-0.1, -0.05) is 36.4 Å². The van der Waals surface area contributed by atoms with Crippen molar-refractivity contribution < 1.29 is 0 Å². The molecule has 0 amide bonds. The summed E-state index contributed by atoms with van der Waals surface area (Å²) in [5.74, 6) is 0.448. The fourth-order valence-electron chi connectivity index (χ4n) is 4.69. The Balaban J connectivity index is 1.28. The molecule has 0 atom stereocenters. The Morgan fingerprint density at radius 2 is 1.79 bits per heavy atom. The molecule has 166 valence electrons. The zero-order valence-electron chi connectivity index (χ0n) is 18.8. The van der Waals surface area contributed by atoms with Gasteiger partial charge >= 0.3 is 0 Å². The molecule has 1 fully saturated rings. The van der Waals surface area contributed by atoms with E-state index in [0.717, 1.165) is 53.1 Å². The van der Waals surface area contributed by atoms with Gasteiger partial charge in [-0.3, -0.25) is 14.6 Å². The monoisotopic (exact) mass is 445 g/mol. The summed E-state index contributed by atoms with van der Waals surface area (Å²) in [4.78, 5) is 7.26. The number of benzene rings is 1. The standard InChI is InChI=1S/C27H23N7/c1-32-15-23(13-30-32)21-9-25(27-22(10-28)12-31-34(27)18-21)20-7-8-26(29-11-20)24-16-33(17-24)14-19-5-3-2-4-6-19/h2-9,11-13,15,18,24H,14,16-17H2,1H3. The van der Waals surface area contributed by atoms with E-state index in [1.54, 1.807) is 15.4 Å². The summed E-state index contributed by atoms with van der Waals surface area (Å²) < 4.78 is 3.55. The summed E-state index contributed by atoms with van der Waals surface area (Å²) in [6, 6.07) is 19.2. The van der Waals surface area contributed by atoms with Crippen LogP contribution in [-0.4, -0.2) is 42.4 Å². The lowest BCUT2D eigenvalue weighted by Gasteiger charge is -2.39. The van der Waals surface area contributed by atoms with Crippen LogP contribution in [-0.2, 0) is 13.6 Å². The van der Waals surface area contributed by atoms with Crippen LogP contribution in [0, 0.1) is 11.3 Å². The second-order valence-corrected chi connectivity index (χ2v) is 8.86. The lowest BCUT2D eigenvalue weighted by molar-refractivity contribution is 0.137. The molecule has 6 rings (SSSR count). The van der Waals surface area contributed by atoms with E-state index < -0.39 is 0 Å². The molecule has 34 heavy (non-hydrogen) atoms. The Labute approximate surface area is 197 Å². The first-order valence-corrected chi connectivity index (χ1v) is 11.3. The van der Waals surface area contributed by atoms with E-state index in [-0.39, 0.29) is 0 Å². The third-order valence-electron chi connectivity index (χ3n) is 6.49. The largest absolute Gasteiger partial charge is 0.298 e. The molecule has 0 aliphatic carbocycles. The first-order valence-electron chi connectivity index (χ1n) is 11.3. The Bertz CT molecular complexity index is 1500. The third-order valence-corrected chi connectivity index (χ3v) is 6.49. The lowest BCUT2D eigenvalue weighted by atomic mass is 9.94. The van der Waals surface area contributed by atoms with Gasteiger partial charge in [0.05, 0.1) is 23.5 Å². The van der Waals surface area contributed by atoms with Crippen LogP contribution >= 0.6 is 0 Å². The minimum absolute atomic E-state index is 0.448. The van der Waals surface area contributed by atoms with Crippen molar-refractivity contribution in [2.45, 2.75) is 12.5 Å². The second-order valence-electron chi connectivity index (χ2n) is 8.86. The molecule has 4 aromatic heterocycles. The van der Waals surface area contributed by atoms with Crippen molar-refractivity contribution >= 4 is 5.52 Å². The SMILES string of the molecule is Cn1cc(-c2cc(-c3ccc(C4CN(Cc5ccccc5)C4)nc3)c3c(C#N)cnn3c2)cn1. The van der Waals surface area contributed by atoms with Crippen molar-refractivity contribution in [3.63, 3.8) is 0 Å². The van der Waals surface area contributed by atoms with Crippen molar-refractivity contribution in [1.29, 1.82) is 5.26 Å². The predicted octanol–water partition coefficient (Wildman–Crippen LogP) is 4.27. The van der Waals surface area contributed by atoms with Gasteiger partial charge in [-0.15, -0.1) is 0 Å². The van der Waals surface area contributed by atoms with Crippen LogP contribution in [0.25, 0.3) is 27.8 Å². The molecular formula is C27H23N7. The average Bonchev–Trinajstić information content (AvgIpc) is 3.47. The van der Waals surface area contributed by atoms with E-state index in [0.29, 0.717) is 11.5 Å². The number of aromatic nitrogens is 5. The highest BCUT2D eigenvalue weighted by Crippen LogP contribution is 2.33. The molecule has 0 N–H and O–H groups in total. The van der Waals surface area contributed by atoms with Crippen molar-refractivity contribution in [1.82, 2.24) is 29.3 Å². The van der Waals surface area contributed by atoms with E-state index in [2.05, 4.69) is 69.7 Å². The Morgan fingerprint density at radius 1 is 0.941 bits per heavy atom. The molecule has 1 aliphatic heterocycles. The molecule has 0 bridgehead atoms. The van der Waals surface area contributed by atoms with E-state index >= 15 is 0 Å². The smallest absolute Gasteiger partial charge is 0.103 e. The summed E-state index contributed by atoms with van der Waals surface area (Å²) in [7, 11) is 1.90. The van der Waals surface area contributed by atoms with E-state index in [9.17, 15) is 5.26 Å². The van der Waals surface area contributed by atoms with Gasteiger partial charge in [0.25, 0.3) is 0 Å². The van der Waals surface area contributed by atoms with E-state index in [1.807, 2.05) is 31.8 Å². The van der Waals surface area contributed by atoms with Gasteiger partial charge in [-0.05, 0) is 17.7 Å². The Hall–Kier alpha value is -4.28. The molecule has 0 spiro atoms. The van der Waals surface area contributed by atoms with Gasteiger partial charge in [-0.25, -0.2) is 4.52 Å². The highest BCUT2D eigenvalue weighted by atomic mass is 15.2. The zero-order chi connectivity index (χ0) is 23.1. The lowest BCUT2D eigenvalue weighted by Crippen LogP contribution is -2.44. The third kappa shape index (κ3) is 3.64. The number of nitriles is 1. The number of hydrogen-bond acceptors (Lipinski definition) is 5. The predicted molar refractivity (Wildman–Crippen MR) is 130 cm³/mol. The van der Waals surface area contributed by atoms with Crippen LogP contribution in [0.5, 0.6) is 0 Å². The molecule has 1 aliphatic rings. The topological polar surface area (TPSA) is 75.0 Å². The van der Waals surface area contributed by atoms with Gasteiger partial charge in [-0.2, -0.15) is 15.5 Å². The molecule has 5 aromatic rings. The Morgan fingerprint density at radius 3 is 2.50 bits per heavy atom. The quantitative estimate of drug-likeness (QED) is 0.404. The van der Waals surface area contributed by atoms with Crippen molar-refractivity contribution in [2.24, 2.45) is 7.05 Å². The summed E-state index contributed by atoms with van der Waals surface area (Å²) in [5, 5.41) is 18.4. The summed E-state index contributed by atoms with van der Waals surface area (Å²) in [6.45, 7) is 3.01. The number of fused-ring (bicyclic) bond motifs is 1. The van der Waals surface area contributed by atoms with Gasteiger partial charge in [0.2, 0.25) is 0 Å². The maximum atomic E-state index is 9.64. The number of rotatable bonds is 5. The van der Waals surface area contributed by atoms with Crippen LogP contribution in [0.2, 0.25) is 0 Å². The maximum Gasteiger partial charge on any atom is 0.103 e.